The molecule has 3 aromatic rings. The van der Waals surface area contributed by atoms with Gasteiger partial charge in [-0.2, -0.15) is 0 Å². The number of hydrogen-bond donors (Lipinski definition) is 1. The molecule has 0 radical (unpaired) electrons. The summed E-state index contributed by atoms with van der Waals surface area (Å²) in [7, 11) is 3.12. The molecule has 146 valence electrons. The third-order valence-corrected chi connectivity index (χ3v) is 5.33. The Morgan fingerprint density at radius 3 is 2.64 bits per heavy atom. The topological polar surface area (TPSA) is 82.3 Å². The van der Waals surface area contributed by atoms with E-state index in [0.29, 0.717) is 23.4 Å². The van der Waals surface area contributed by atoms with Gasteiger partial charge in [-0.05, 0) is 24.4 Å². The van der Waals surface area contributed by atoms with Crippen LogP contribution in [0.4, 0.5) is 0 Å². The first kappa shape index (κ1) is 19.6. The molecule has 3 rings (SSSR count). The molecule has 0 unspecified atom stereocenters. The minimum Gasteiger partial charge on any atom is -0.496 e. The average Bonchev–Trinajstić information content (AvgIpc) is 3.20. The summed E-state index contributed by atoms with van der Waals surface area (Å²) in [6.07, 6.45) is 1.54. The summed E-state index contributed by atoms with van der Waals surface area (Å²) in [4.78, 5) is 37.8. The number of rotatable bonds is 6. The lowest BCUT2D eigenvalue weighted by molar-refractivity contribution is 0.0952. The van der Waals surface area contributed by atoms with Crippen molar-refractivity contribution in [2.75, 3.05) is 13.7 Å². The zero-order valence-corrected chi connectivity index (χ0v) is 16.7. The van der Waals surface area contributed by atoms with Crippen LogP contribution in [0.3, 0.4) is 0 Å². The molecular weight excluding hydrogens is 378 g/mol. The fourth-order valence-electron chi connectivity index (χ4n) is 2.93. The second-order valence-electron chi connectivity index (χ2n) is 6.31. The number of nitrogens with one attached hydrogen (secondary N) is 1. The van der Waals surface area contributed by atoms with E-state index < -0.39 is 0 Å². The van der Waals surface area contributed by atoms with Crippen molar-refractivity contribution in [2.24, 2.45) is 7.05 Å². The number of nitrogens with zero attached hydrogens (tertiary/aromatic N) is 2. The van der Waals surface area contributed by atoms with Gasteiger partial charge in [0, 0.05) is 54.6 Å². The molecule has 3 aromatic heterocycles. The van der Waals surface area contributed by atoms with Crippen LogP contribution in [0.25, 0.3) is 10.4 Å². The van der Waals surface area contributed by atoms with Gasteiger partial charge in [0.1, 0.15) is 5.75 Å². The Balaban J connectivity index is 1.79. The normalized spacial score (nSPS) is 10.7. The Morgan fingerprint density at radius 1 is 1.21 bits per heavy atom. The van der Waals surface area contributed by atoms with Crippen molar-refractivity contribution in [1.82, 2.24) is 14.5 Å². The highest BCUT2D eigenvalue weighted by Gasteiger charge is 2.15. The monoisotopic (exact) mass is 399 g/mol. The summed E-state index contributed by atoms with van der Waals surface area (Å²) in [6, 6.07) is 8.40. The van der Waals surface area contributed by atoms with E-state index in [1.54, 1.807) is 17.7 Å². The van der Waals surface area contributed by atoms with Crippen LogP contribution < -0.4 is 21.2 Å². The first-order valence-electron chi connectivity index (χ1n) is 8.69. The molecule has 0 fully saturated rings. The number of aryl methyl sites for hydroxylation is 2. The number of carbonyl (C=O) groups excluding carboxylic acids is 1. The van der Waals surface area contributed by atoms with Gasteiger partial charge in [-0.25, -0.2) is 0 Å². The summed E-state index contributed by atoms with van der Waals surface area (Å²) in [6.45, 7) is 2.42. The molecule has 0 saturated carbocycles. The number of methoxy groups -OCH3 is 1. The zero-order chi connectivity index (χ0) is 20.3. The molecule has 0 aliphatic rings. The van der Waals surface area contributed by atoms with Crippen LogP contribution in [0, 0.1) is 6.92 Å². The first-order chi connectivity index (χ1) is 13.4. The van der Waals surface area contributed by atoms with Crippen molar-refractivity contribution in [3.63, 3.8) is 0 Å². The van der Waals surface area contributed by atoms with E-state index in [1.807, 2.05) is 24.4 Å². The zero-order valence-electron chi connectivity index (χ0n) is 15.9. The summed E-state index contributed by atoms with van der Waals surface area (Å²) in [5.74, 6) is 0.215. The molecule has 0 bridgehead atoms. The molecule has 28 heavy (non-hydrogen) atoms. The molecule has 0 aliphatic carbocycles. The minimum absolute atomic E-state index is 0.180. The molecule has 0 atom stereocenters. The van der Waals surface area contributed by atoms with E-state index in [-0.39, 0.29) is 23.6 Å². The van der Waals surface area contributed by atoms with E-state index >= 15 is 0 Å². The van der Waals surface area contributed by atoms with Crippen LogP contribution in [0.1, 0.15) is 16.1 Å². The number of thiophene rings is 1. The van der Waals surface area contributed by atoms with E-state index in [0.717, 1.165) is 10.6 Å². The summed E-state index contributed by atoms with van der Waals surface area (Å²) >= 11 is 1.46. The highest BCUT2D eigenvalue weighted by atomic mass is 32.1. The lowest BCUT2D eigenvalue weighted by atomic mass is 10.1. The quantitative estimate of drug-likeness (QED) is 0.688. The molecule has 3 heterocycles. The Bertz CT molecular complexity index is 1110. The standard InChI is InChI=1S/C20H21N3O4S/c1-13-9-14(27-3)10-19(25)23(13)7-6-21-20(26)16-12-22(2)18(24)11-15(16)17-5-4-8-28-17/h4-5,8-12H,6-7H2,1-3H3,(H,21,26). The van der Waals surface area contributed by atoms with Crippen molar-refractivity contribution in [3.05, 3.63) is 73.9 Å². The van der Waals surface area contributed by atoms with Crippen molar-refractivity contribution in [1.29, 1.82) is 0 Å². The molecule has 0 aromatic carbocycles. The van der Waals surface area contributed by atoms with Crippen LogP contribution in [0.5, 0.6) is 5.75 Å². The summed E-state index contributed by atoms with van der Waals surface area (Å²) in [5.41, 5.74) is 1.41. The third kappa shape index (κ3) is 4.07. The number of aromatic nitrogens is 2. The molecule has 8 heteroatoms. The Hall–Kier alpha value is -3.13. The van der Waals surface area contributed by atoms with Crippen molar-refractivity contribution < 1.29 is 9.53 Å². The maximum atomic E-state index is 12.8. The maximum Gasteiger partial charge on any atom is 0.254 e. The van der Waals surface area contributed by atoms with Gasteiger partial charge in [0.2, 0.25) is 0 Å². The average molecular weight is 399 g/mol. The highest BCUT2D eigenvalue weighted by Crippen LogP contribution is 2.26. The first-order valence-corrected chi connectivity index (χ1v) is 9.57. The lowest BCUT2D eigenvalue weighted by Crippen LogP contribution is -2.32. The van der Waals surface area contributed by atoms with Gasteiger partial charge in [0.25, 0.3) is 17.0 Å². The van der Waals surface area contributed by atoms with Crippen LogP contribution in [-0.2, 0) is 13.6 Å². The van der Waals surface area contributed by atoms with Gasteiger partial charge in [-0.15, -0.1) is 11.3 Å². The smallest absolute Gasteiger partial charge is 0.254 e. The Morgan fingerprint density at radius 2 is 2.00 bits per heavy atom. The van der Waals surface area contributed by atoms with E-state index in [4.69, 9.17) is 4.74 Å². The molecule has 0 aliphatic heterocycles. The van der Waals surface area contributed by atoms with Gasteiger partial charge < -0.3 is 19.2 Å². The van der Waals surface area contributed by atoms with Crippen molar-refractivity contribution >= 4 is 17.2 Å². The predicted molar refractivity (Wildman–Crippen MR) is 109 cm³/mol. The number of carbonyl (C=O) groups is 1. The molecule has 0 spiro atoms. The van der Waals surface area contributed by atoms with E-state index in [9.17, 15) is 14.4 Å². The fraction of sp³-hybridized carbons (Fsp3) is 0.250. The number of ether oxygens (including phenoxy) is 1. The Labute approximate surface area is 165 Å². The molecule has 1 amide bonds. The van der Waals surface area contributed by atoms with Crippen molar-refractivity contribution in [3.8, 4) is 16.2 Å². The highest BCUT2D eigenvalue weighted by molar-refractivity contribution is 7.13. The van der Waals surface area contributed by atoms with Gasteiger partial charge >= 0.3 is 0 Å². The summed E-state index contributed by atoms with van der Waals surface area (Å²) in [5, 5.41) is 4.74. The lowest BCUT2D eigenvalue weighted by Gasteiger charge is -2.13. The second kappa shape index (κ2) is 8.26. The van der Waals surface area contributed by atoms with Crippen LogP contribution in [0.2, 0.25) is 0 Å². The van der Waals surface area contributed by atoms with Gasteiger partial charge in [-0.1, -0.05) is 6.07 Å². The SMILES string of the molecule is COc1cc(C)n(CCNC(=O)c2cn(C)c(=O)cc2-c2cccs2)c(=O)c1. The third-order valence-electron chi connectivity index (χ3n) is 4.42. The van der Waals surface area contributed by atoms with Gasteiger partial charge in [-0.3, -0.25) is 14.4 Å². The van der Waals surface area contributed by atoms with Gasteiger partial charge in [0.15, 0.2) is 0 Å². The maximum absolute atomic E-state index is 12.8. The number of hydrogen-bond acceptors (Lipinski definition) is 5. The van der Waals surface area contributed by atoms with Gasteiger partial charge in [0.05, 0.1) is 12.7 Å². The van der Waals surface area contributed by atoms with Crippen LogP contribution >= 0.6 is 11.3 Å². The number of amides is 1. The largest absolute Gasteiger partial charge is 0.496 e. The Kier molecular flexibility index (Phi) is 5.79. The number of pyridine rings is 2. The summed E-state index contributed by atoms with van der Waals surface area (Å²) < 4.78 is 8.04. The second-order valence-corrected chi connectivity index (χ2v) is 7.26. The molecule has 0 saturated heterocycles. The van der Waals surface area contributed by atoms with E-state index in [1.165, 1.54) is 41.3 Å². The van der Waals surface area contributed by atoms with E-state index in [2.05, 4.69) is 5.32 Å². The van der Waals surface area contributed by atoms with Crippen LogP contribution in [-0.4, -0.2) is 28.7 Å². The van der Waals surface area contributed by atoms with Crippen molar-refractivity contribution in [2.45, 2.75) is 13.5 Å². The molecule has 1 N–H and O–H groups in total. The molecule has 7 nitrogen and oxygen atoms in total. The fourth-order valence-corrected chi connectivity index (χ4v) is 3.68. The molecular formula is C20H21N3O4S. The predicted octanol–water partition coefficient (Wildman–Crippen LogP) is 2.02. The van der Waals surface area contributed by atoms with Crippen LogP contribution in [0.15, 0.2) is 51.5 Å². The minimum atomic E-state index is -0.293.